The van der Waals surface area contributed by atoms with Gasteiger partial charge in [0.15, 0.2) is 6.61 Å². The van der Waals surface area contributed by atoms with Crippen LogP contribution in [0.25, 0.3) is 6.08 Å². The van der Waals surface area contributed by atoms with Crippen LogP contribution in [-0.4, -0.2) is 25.8 Å². The fourth-order valence-corrected chi connectivity index (χ4v) is 2.31. The van der Waals surface area contributed by atoms with Gasteiger partial charge in [-0.15, -0.1) is 0 Å². The molecule has 1 N–H and O–H groups in total. The van der Waals surface area contributed by atoms with Crippen LogP contribution < -0.4 is 14.8 Å². The predicted molar refractivity (Wildman–Crippen MR) is 98.1 cm³/mol. The predicted octanol–water partition coefficient (Wildman–Crippen LogP) is 4.47. The van der Waals surface area contributed by atoms with Crippen molar-refractivity contribution in [2.75, 3.05) is 19.0 Å². The lowest BCUT2D eigenvalue weighted by atomic mass is 10.1. The third-order valence-electron chi connectivity index (χ3n) is 3.56. The van der Waals surface area contributed by atoms with Crippen molar-refractivity contribution >= 4 is 17.7 Å². The number of carbonyl (C=O) groups is 1. The Balaban J connectivity index is 2.10. The van der Waals surface area contributed by atoms with E-state index in [1.54, 1.807) is 18.2 Å². The lowest BCUT2D eigenvalue weighted by Gasteiger charge is -2.11. The fraction of sp³-hybridized carbons (Fsp3) is 0.200. The van der Waals surface area contributed by atoms with Crippen LogP contribution in [0.3, 0.4) is 0 Å². The van der Waals surface area contributed by atoms with Crippen LogP contribution in [0.15, 0.2) is 42.5 Å². The van der Waals surface area contributed by atoms with E-state index in [9.17, 15) is 18.0 Å². The van der Waals surface area contributed by atoms with Crippen molar-refractivity contribution in [1.29, 1.82) is 5.26 Å². The second-order valence-corrected chi connectivity index (χ2v) is 5.79. The number of benzene rings is 2. The van der Waals surface area contributed by atoms with Gasteiger partial charge >= 0.3 is 6.18 Å². The highest BCUT2D eigenvalue weighted by Gasteiger charge is 2.28. The normalized spacial score (nSPS) is 11.1. The molecule has 0 bridgehead atoms. The topological polar surface area (TPSA) is 71.3 Å². The van der Waals surface area contributed by atoms with Crippen LogP contribution >= 0.6 is 0 Å². The maximum Gasteiger partial charge on any atom is 0.422 e. The summed E-state index contributed by atoms with van der Waals surface area (Å²) in [5.41, 5.74) is 1.84. The summed E-state index contributed by atoms with van der Waals surface area (Å²) in [5.74, 6) is -0.0816. The van der Waals surface area contributed by atoms with E-state index in [0.717, 1.165) is 5.56 Å². The quantitative estimate of drug-likeness (QED) is 0.739. The van der Waals surface area contributed by atoms with Gasteiger partial charge in [-0.3, -0.25) is 4.79 Å². The van der Waals surface area contributed by atoms with Gasteiger partial charge in [-0.05, 0) is 43.3 Å². The van der Waals surface area contributed by atoms with Crippen LogP contribution in [0.4, 0.5) is 18.9 Å². The van der Waals surface area contributed by atoms with E-state index in [2.05, 4.69) is 10.1 Å². The number of nitrogens with one attached hydrogen (secondary N) is 1. The summed E-state index contributed by atoms with van der Waals surface area (Å²) >= 11 is 0. The molecular weight excluding hydrogens is 373 g/mol. The average Bonchev–Trinajstić information content (AvgIpc) is 2.64. The smallest absolute Gasteiger partial charge is 0.422 e. The molecule has 2 aromatic carbocycles. The van der Waals surface area contributed by atoms with Crippen LogP contribution in [0.2, 0.25) is 0 Å². The summed E-state index contributed by atoms with van der Waals surface area (Å²) in [6.07, 6.45) is -1.65. The first-order valence-corrected chi connectivity index (χ1v) is 8.09. The number of alkyl halides is 3. The number of ether oxygens (including phenoxy) is 2. The van der Waals surface area contributed by atoms with Crippen LogP contribution in [0, 0.1) is 18.3 Å². The molecule has 146 valence electrons. The maximum atomic E-state index is 12.3. The number of halogens is 3. The van der Waals surface area contributed by atoms with Gasteiger partial charge in [-0.25, -0.2) is 0 Å². The molecule has 2 rings (SSSR count). The van der Waals surface area contributed by atoms with Gasteiger partial charge in [0, 0.05) is 17.3 Å². The van der Waals surface area contributed by atoms with Gasteiger partial charge in [0.25, 0.3) is 0 Å². The Hall–Kier alpha value is -3.47. The minimum atomic E-state index is -4.51. The molecule has 0 spiro atoms. The lowest BCUT2D eigenvalue weighted by Crippen LogP contribution is -2.19. The number of nitriles is 1. The van der Waals surface area contributed by atoms with Crippen LogP contribution in [0.5, 0.6) is 11.5 Å². The van der Waals surface area contributed by atoms with Crippen molar-refractivity contribution in [3.63, 3.8) is 0 Å². The van der Waals surface area contributed by atoms with E-state index in [-0.39, 0.29) is 17.0 Å². The highest BCUT2D eigenvalue weighted by Crippen LogP contribution is 2.25. The van der Waals surface area contributed by atoms with Crippen molar-refractivity contribution in [1.82, 2.24) is 0 Å². The van der Waals surface area contributed by atoms with Crippen molar-refractivity contribution in [3.8, 4) is 17.6 Å². The van der Waals surface area contributed by atoms with Gasteiger partial charge < -0.3 is 14.8 Å². The molecule has 0 unspecified atom stereocenters. The molecule has 0 aliphatic rings. The third kappa shape index (κ3) is 6.06. The number of amides is 1. The Labute approximate surface area is 160 Å². The van der Waals surface area contributed by atoms with Gasteiger partial charge in [0.1, 0.15) is 17.6 Å². The summed E-state index contributed by atoms with van der Waals surface area (Å²) in [7, 11) is 1.52. The number of rotatable bonds is 6. The van der Waals surface area contributed by atoms with Gasteiger partial charge in [0.05, 0.1) is 12.7 Å². The molecule has 0 aliphatic carbocycles. The Kier molecular flexibility index (Phi) is 6.66. The van der Waals surface area contributed by atoms with Crippen molar-refractivity contribution in [2.45, 2.75) is 13.1 Å². The lowest BCUT2D eigenvalue weighted by molar-refractivity contribution is -0.153. The summed E-state index contributed by atoms with van der Waals surface area (Å²) in [4.78, 5) is 12.1. The minimum absolute atomic E-state index is 0.119. The first-order valence-electron chi connectivity index (χ1n) is 8.09. The van der Waals surface area contributed by atoms with Gasteiger partial charge in [0.2, 0.25) is 5.91 Å². The fourth-order valence-electron chi connectivity index (χ4n) is 2.31. The Morgan fingerprint density at radius 2 is 1.93 bits per heavy atom. The molecule has 0 saturated carbocycles. The summed E-state index contributed by atoms with van der Waals surface area (Å²) < 4.78 is 46.6. The van der Waals surface area contributed by atoms with Crippen molar-refractivity contribution in [2.24, 2.45) is 0 Å². The molecular formula is C20H17F3N2O3. The standard InChI is InChI=1S/C20H17F3N2O3/c1-13-3-6-17(27-2)14(9-13)4-8-19(26)25-16-5-7-18(15(10-16)11-24)28-12-20(21,22)23/h3-10H,12H2,1-2H3,(H,25,26). The minimum Gasteiger partial charge on any atom is -0.496 e. The number of aryl methyl sites for hydroxylation is 1. The zero-order chi connectivity index (χ0) is 20.7. The van der Waals surface area contributed by atoms with Crippen LogP contribution in [-0.2, 0) is 4.79 Å². The highest BCUT2D eigenvalue weighted by molar-refractivity contribution is 6.02. The van der Waals surface area contributed by atoms with E-state index >= 15 is 0 Å². The second-order valence-electron chi connectivity index (χ2n) is 5.79. The Morgan fingerprint density at radius 3 is 2.57 bits per heavy atom. The summed E-state index contributed by atoms with van der Waals surface area (Å²) in [6.45, 7) is 0.400. The summed E-state index contributed by atoms with van der Waals surface area (Å²) in [5, 5.41) is 11.6. The molecule has 28 heavy (non-hydrogen) atoms. The number of methoxy groups -OCH3 is 1. The van der Waals surface area contributed by atoms with Crippen molar-refractivity contribution in [3.05, 3.63) is 59.2 Å². The SMILES string of the molecule is COc1ccc(C)cc1C=CC(=O)Nc1ccc(OCC(F)(F)F)c(C#N)c1. The number of nitrogens with zero attached hydrogens (tertiary/aromatic N) is 1. The second kappa shape index (κ2) is 8.95. The number of anilines is 1. The molecule has 5 nitrogen and oxygen atoms in total. The van der Waals surface area contributed by atoms with E-state index < -0.39 is 18.7 Å². The van der Waals surface area contributed by atoms with E-state index in [1.165, 1.54) is 31.4 Å². The molecule has 0 fully saturated rings. The molecule has 0 heterocycles. The number of hydrogen-bond donors (Lipinski definition) is 1. The van der Waals surface area contributed by atoms with Crippen molar-refractivity contribution < 1.29 is 27.4 Å². The molecule has 2 aromatic rings. The molecule has 0 saturated heterocycles. The highest BCUT2D eigenvalue weighted by atomic mass is 19.4. The molecule has 1 amide bonds. The molecule has 8 heteroatoms. The van der Waals surface area contributed by atoms with Gasteiger partial charge in [-0.2, -0.15) is 18.4 Å². The number of hydrogen-bond acceptors (Lipinski definition) is 4. The first kappa shape index (κ1) is 20.8. The molecule has 0 atom stereocenters. The summed E-state index contributed by atoms with van der Waals surface area (Å²) in [6, 6.07) is 11.1. The Bertz CT molecular complexity index is 931. The molecule has 0 radical (unpaired) electrons. The monoisotopic (exact) mass is 390 g/mol. The van der Waals surface area contributed by atoms with Gasteiger partial charge in [-0.1, -0.05) is 11.6 Å². The maximum absolute atomic E-state index is 12.3. The molecule has 0 aromatic heterocycles. The average molecular weight is 390 g/mol. The Morgan fingerprint density at radius 1 is 1.21 bits per heavy atom. The van der Waals surface area contributed by atoms with Crippen LogP contribution in [0.1, 0.15) is 16.7 Å². The zero-order valence-electron chi connectivity index (χ0n) is 15.1. The molecule has 0 aliphatic heterocycles. The van der Waals surface area contributed by atoms with E-state index in [0.29, 0.717) is 11.3 Å². The van der Waals surface area contributed by atoms with E-state index in [4.69, 9.17) is 10.00 Å². The van der Waals surface area contributed by atoms with E-state index in [1.807, 2.05) is 19.1 Å². The third-order valence-corrected chi connectivity index (χ3v) is 3.56. The first-order chi connectivity index (χ1) is 13.2. The largest absolute Gasteiger partial charge is 0.496 e. The zero-order valence-corrected chi connectivity index (χ0v) is 15.1. The number of carbonyl (C=O) groups excluding carboxylic acids is 1.